The molecule has 0 unspecified atom stereocenters. The van der Waals surface area contributed by atoms with E-state index in [4.69, 9.17) is 15.2 Å². The van der Waals surface area contributed by atoms with Crippen LogP contribution in [0, 0.1) is 5.92 Å². The summed E-state index contributed by atoms with van der Waals surface area (Å²) in [6.07, 6.45) is 2.27. The fourth-order valence-electron chi connectivity index (χ4n) is 4.07. The van der Waals surface area contributed by atoms with Crippen LogP contribution in [0.1, 0.15) is 78.4 Å². The second-order valence-corrected chi connectivity index (χ2v) is 11.3. The first-order valence-electron chi connectivity index (χ1n) is 12.3. The Hall–Kier alpha value is -1.97. The molecular formula is C26H40BrN3O5. The Morgan fingerprint density at radius 1 is 1.17 bits per heavy atom. The summed E-state index contributed by atoms with van der Waals surface area (Å²) in [5.41, 5.74) is 4.09. The molecule has 4 N–H and O–H groups in total. The van der Waals surface area contributed by atoms with E-state index in [9.17, 15) is 14.4 Å². The third-order valence-corrected chi connectivity index (χ3v) is 6.41. The Balaban J connectivity index is 2.30. The van der Waals surface area contributed by atoms with Crippen LogP contribution in [0.5, 0.6) is 0 Å². The molecule has 2 amide bonds. The number of nitrogens with one attached hydrogen (secondary N) is 2. The highest BCUT2D eigenvalue weighted by molar-refractivity contribution is 9.10. The quantitative estimate of drug-likeness (QED) is 0.283. The van der Waals surface area contributed by atoms with Crippen LogP contribution in [0.3, 0.4) is 0 Å². The van der Waals surface area contributed by atoms with E-state index in [1.807, 2.05) is 38.1 Å². The number of benzene rings is 1. The van der Waals surface area contributed by atoms with Crippen LogP contribution in [0.4, 0.5) is 0 Å². The number of carbonyl (C=O) groups is 3. The van der Waals surface area contributed by atoms with Gasteiger partial charge in [0.05, 0.1) is 6.61 Å². The average molecular weight is 555 g/mol. The van der Waals surface area contributed by atoms with Crippen LogP contribution in [0.15, 0.2) is 28.7 Å². The molecule has 8 nitrogen and oxygen atoms in total. The number of hydrogen-bond donors (Lipinski definition) is 3. The molecule has 0 saturated carbocycles. The number of hydrogen-bond acceptors (Lipinski definition) is 6. The van der Waals surface area contributed by atoms with Crippen molar-refractivity contribution >= 4 is 33.7 Å². The maximum Gasteiger partial charge on any atom is 0.335 e. The lowest BCUT2D eigenvalue weighted by Crippen LogP contribution is -2.62. The van der Waals surface area contributed by atoms with E-state index in [0.717, 1.165) is 22.9 Å². The normalized spacial score (nSPS) is 21.0. The summed E-state index contributed by atoms with van der Waals surface area (Å²) >= 11 is 3.43. The number of esters is 1. The van der Waals surface area contributed by atoms with Gasteiger partial charge >= 0.3 is 5.97 Å². The SMILES string of the molecule is CC(C)[C@H](NC(=O)CCCCCN)C(=O)N[C@]1(C(=O)OC(C)(C)C)CCO[C@H]1c1ccc(Br)cc1. The van der Waals surface area contributed by atoms with Crippen molar-refractivity contribution in [1.82, 2.24) is 10.6 Å². The molecule has 1 heterocycles. The highest BCUT2D eigenvalue weighted by Crippen LogP contribution is 2.40. The van der Waals surface area contributed by atoms with Gasteiger partial charge < -0.3 is 25.8 Å². The van der Waals surface area contributed by atoms with Gasteiger partial charge in [0.15, 0.2) is 5.54 Å². The smallest absolute Gasteiger partial charge is 0.335 e. The number of nitrogens with two attached hydrogens (primary N) is 1. The molecule has 2 rings (SSSR count). The van der Waals surface area contributed by atoms with Crippen LogP contribution in [-0.4, -0.2) is 48.1 Å². The maximum atomic E-state index is 13.6. The van der Waals surface area contributed by atoms with Gasteiger partial charge in [-0.3, -0.25) is 9.59 Å². The van der Waals surface area contributed by atoms with Gasteiger partial charge in [-0.15, -0.1) is 0 Å². The fourth-order valence-corrected chi connectivity index (χ4v) is 4.34. The zero-order valence-corrected chi connectivity index (χ0v) is 23.1. The molecule has 1 aromatic carbocycles. The highest BCUT2D eigenvalue weighted by Gasteiger charge is 2.55. The van der Waals surface area contributed by atoms with Crippen LogP contribution in [0.25, 0.3) is 0 Å². The highest BCUT2D eigenvalue weighted by atomic mass is 79.9. The summed E-state index contributed by atoms with van der Waals surface area (Å²) in [6, 6.07) is 6.63. The van der Waals surface area contributed by atoms with Crippen molar-refractivity contribution < 1.29 is 23.9 Å². The Morgan fingerprint density at radius 3 is 2.40 bits per heavy atom. The Bertz CT molecular complexity index is 869. The van der Waals surface area contributed by atoms with E-state index in [1.54, 1.807) is 20.8 Å². The Kier molecular flexibility index (Phi) is 10.7. The average Bonchev–Trinajstić information content (AvgIpc) is 3.19. The van der Waals surface area contributed by atoms with E-state index in [2.05, 4.69) is 26.6 Å². The lowest BCUT2D eigenvalue weighted by molar-refractivity contribution is -0.168. The molecular weight excluding hydrogens is 514 g/mol. The van der Waals surface area contributed by atoms with E-state index < -0.39 is 35.2 Å². The van der Waals surface area contributed by atoms with Crippen molar-refractivity contribution in [2.45, 2.75) is 90.0 Å². The molecule has 0 bridgehead atoms. The first kappa shape index (κ1) is 29.3. The third-order valence-electron chi connectivity index (χ3n) is 5.88. The lowest BCUT2D eigenvalue weighted by atomic mass is 9.85. The second kappa shape index (κ2) is 12.8. The number of unbranched alkanes of at least 4 members (excludes halogenated alkanes) is 2. The fraction of sp³-hybridized carbons (Fsp3) is 0.654. The van der Waals surface area contributed by atoms with Gasteiger partial charge in [0.25, 0.3) is 0 Å². The molecule has 0 spiro atoms. The van der Waals surface area contributed by atoms with Crippen molar-refractivity contribution in [2.75, 3.05) is 13.2 Å². The molecule has 1 aliphatic rings. The van der Waals surface area contributed by atoms with Crippen LogP contribution < -0.4 is 16.4 Å². The van der Waals surface area contributed by atoms with E-state index in [1.165, 1.54) is 0 Å². The Morgan fingerprint density at radius 2 is 1.83 bits per heavy atom. The number of amides is 2. The van der Waals surface area contributed by atoms with Gasteiger partial charge in [-0.25, -0.2) is 4.79 Å². The summed E-state index contributed by atoms with van der Waals surface area (Å²) in [5, 5.41) is 5.81. The van der Waals surface area contributed by atoms with E-state index >= 15 is 0 Å². The topological polar surface area (TPSA) is 120 Å². The van der Waals surface area contributed by atoms with Crippen LogP contribution in [-0.2, 0) is 23.9 Å². The number of halogens is 1. The zero-order valence-electron chi connectivity index (χ0n) is 21.5. The maximum absolute atomic E-state index is 13.6. The van der Waals surface area contributed by atoms with Crippen molar-refractivity contribution in [1.29, 1.82) is 0 Å². The van der Waals surface area contributed by atoms with Gasteiger partial charge in [-0.1, -0.05) is 48.3 Å². The molecule has 196 valence electrons. The molecule has 1 fully saturated rings. The monoisotopic (exact) mass is 553 g/mol. The van der Waals surface area contributed by atoms with Gasteiger partial charge in [0.1, 0.15) is 17.7 Å². The molecule has 35 heavy (non-hydrogen) atoms. The van der Waals surface area contributed by atoms with Gasteiger partial charge in [-0.2, -0.15) is 0 Å². The molecule has 0 radical (unpaired) electrons. The molecule has 0 aromatic heterocycles. The first-order valence-corrected chi connectivity index (χ1v) is 13.1. The predicted octanol–water partition coefficient (Wildman–Crippen LogP) is 3.77. The van der Waals surface area contributed by atoms with Crippen molar-refractivity contribution in [3.05, 3.63) is 34.3 Å². The van der Waals surface area contributed by atoms with Crippen LogP contribution in [0.2, 0.25) is 0 Å². The van der Waals surface area contributed by atoms with Crippen LogP contribution >= 0.6 is 15.9 Å². The number of carbonyl (C=O) groups excluding carboxylic acids is 3. The van der Waals surface area contributed by atoms with Gasteiger partial charge in [-0.05, 0) is 63.8 Å². The second-order valence-electron chi connectivity index (χ2n) is 10.4. The summed E-state index contributed by atoms with van der Waals surface area (Å²) in [6.45, 7) is 9.94. The molecule has 9 heteroatoms. The van der Waals surface area contributed by atoms with E-state index in [-0.39, 0.29) is 24.9 Å². The third kappa shape index (κ3) is 8.29. The summed E-state index contributed by atoms with van der Waals surface area (Å²) in [5.74, 6) is -1.38. The summed E-state index contributed by atoms with van der Waals surface area (Å²) in [4.78, 5) is 39.6. The summed E-state index contributed by atoms with van der Waals surface area (Å²) < 4.78 is 12.6. The van der Waals surface area contributed by atoms with Gasteiger partial charge in [0.2, 0.25) is 11.8 Å². The lowest BCUT2D eigenvalue weighted by Gasteiger charge is -2.37. The minimum Gasteiger partial charge on any atom is -0.458 e. The molecule has 1 aliphatic heterocycles. The van der Waals surface area contributed by atoms with Crippen molar-refractivity contribution in [3.8, 4) is 0 Å². The molecule has 1 aromatic rings. The first-order chi connectivity index (χ1) is 16.4. The molecule has 1 saturated heterocycles. The predicted molar refractivity (Wildman–Crippen MR) is 138 cm³/mol. The number of ether oxygens (including phenoxy) is 2. The number of rotatable bonds is 11. The minimum atomic E-state index is -1.42. The van der Waals surface area contributed by atoms with Gasteiger partial charge in [0, 0.05) is 17.3 Å². The Labute approximate surface area is 217 Å². The van der Waals surface area contributed by atoms with Crippen molar-refractivity contribution in [3.63, 3.8) is 0 Å². The minimum absolute atomic E-state index is 0.188. The van der Waals surface area contributed by atoms with E-state index in [0.29, 0.717) is 19.4 Å². The molecule has 0 aliphatic carbocycles. The largest absolute Gasteiger partial charge is 0.458 e. The standard InChI is InChI=1S/C26H40BrN3O5/c1-17(2)21(29-20(31)9-7-6-8-15-28)23(32)30-26(24(33)35-25(3,4)5)14-16-34-22(26)18-10-12-19(27)13-11-18/h10-13,17,21-22H,6-9,14-16,28H2,1-5H3,(H,29,31)(H,30,32)/t21-,22-,26+/m0/s1. The summed E-state index contributed by atoms with van der Waals surface area (Å²) in [7, 11) is 0. The molecule has 3 atom stereocenters. The van der Waals surface area contributed by atoms with Crippen molar-refractivity contribution in [2.24, 2.45) is 11.7 Å². The zero-order chi connectivity index (χ0) is 26.2.